The van der Waals surface area contributed by atoms with Crippen LogP contribution in [0.1, 0.15) is 36.1 Å². The van der Waals surface area contributed by atoms with Crippen LogP contribution in [0.15, 0.2) is 42.5 Å². The number of fused-ring (bicyclic) bond motifs is 1. The van der Waals surface area contributed by atoms with Gasteiger partial charge in [0.1, 0.15) is 11.5 Å². The summed E-state index contributed by atoms with van der Waals surface area (Å²) < 4.78 is 10.7. The lowest BCUT2D eigenvalue weighted by Gasteiger charge is -2.16. The van der Waals surface area contributed by atoms with Crippen molar-refractivity contribution >= 4 is 5.91 Å². The quantitative estimate of drug-likeness (QED) is 0.885. The van der Waals surface area contributed by atoms with Crippen molar-refractivity contribution < 1.29 is 14.3 Å². The van der Waals surface area contributed by atoms with Gasteiger partial charge in [-0.15, -0.1) is 0 Å². The second-order valence-electron chi connectivity index (χ2n) is 6.14. The van der Waals surface area contributed by atoms with E-state index in [9.17, 15) is 4.79 Å². The van der Waals surface area contributed by atoms with Crippen molar-refractivity contribution in [2.24, 2.45) is 0 Å². The summed E-state index contributed by atoms with van der Waals surface area (Å²) in [6.07, 6.45) is 3.54. The van der Waals surface area contributed by atoms with Crippen LogP contribution in [-0.4, -0.2) is 19.6 Å². The number of ether oxygens (including phenoxy) is 2. The fraction of sp³-hybridized carbons (Fsp3) is 0.350. The average molecular weight is 325 g/mol. The molecule has 2 aromatic rings. The van der Waals surface area contributed by atoms with Gasteiger partial charge in [-0.2, -0.15) is 0 Å². The highest BCUT2D eigenvalue weighted by Gasteiger charge is 2.15. The highest BCUT2D eigenvalue weighted by Crippen LogP contribution is 2.25. The second-order valence-corrected chi connectivity index (χ2v) is 6.14. The van der Waals surface area contributed by atoms with Crippen LogP contribution in [0.5, 0.6) is 11.5 Å². The van der Waals surface area contributed by atoms with Gasteiger partial charge in [-0.25, -0.2) is 0 Å². The number of benzene rings is 2. The van der Waals surface area contributed by atoms with E-state index < -0.39 is 0 Å². The molecule has 0 bridgehead atoms. The molecular weight excluding hydrogens is 302 g/mol. The minimum absolute atomic E-state index is 0.0115. The molecule has 2 aromatic carbocycles. The topological polar surface area (TPSA) is 47.6 Å². The summed E-state index contributed by atoms with van der Waals surface area (Å²) in [6.45, 7) is 1.99. The van der Waals surface area contributed by atoms with E-state index in [0.717, 1.165) is 12.0 Å². The molecule has 0 radical (unpaired) electrons. The summed E-state index contributed by atoms with van der Waals surface area (Å²) in [6, 6.07) is 13.7. The lowest BCUT2D eigenvalue weighted by atomic mass is 10.0. The van der Waals surface area contributed by atoms with Crippen molar-refractivity contribution in [1.29, 1.82) is 0 Å². The number of nitrogens with one attached hydrogen (secondary N) is 1. The minimum atomic E-state index is -0.134. The van der Waals surface area contributed by atoms with Crippen LogP contribution in [-0.2, 0) is 17.6 Å². The van der Waals surface area contributed by atoms with E-state index in [4.69, 9.17) is 9.47 Å². The molecule has 24 heavy (non-hydrogen) atoms. The van der Waals surface area contributed by atoms with Gasteiger partial charge in [0.05, 0.1) is 13.2 Å². The van der Waals surface area contributed by atoms with E-state index >= 15 is 0 Å². The summed E-state index contributed by atoms with van der Waals surface area (Å²) in [7, 11) is 1.60. The smallest absolute Gasteiger partial charge is 0.258 e. The fourth-order valence-corrected chi connectivity index (χ4v) is 3.07. The van der Waals surface area contributed by atoms with Crippen molar-refractivity contribution in [2.45, 2.75) is 32.2 Å². The van der Waals surface area contributed by atoms with Crippen molar-refractivity contribution in [3.63, 3.8) is 0 Å². The number of hydrogen-bond acceptors (Lipinski definition) is 3. The number of carbonyl (C=O) groups excluding carboxylic acids is 1. The third kappa shape index (κ3) is 3.88. The van der Waals surface area contributed by atoms with E-state index in [0.29, 0.717) is 11.5 Å². The van der Waals surface area contributed by atoms with Gasteiger partial charge in [0.2, 0.25) is 0 Å². The Morgan fingerprint density at radius 2 is 1.92 bits per heavy atom. The summed E-state index contributed by atoms with van der Waals surface area (Å²) >= 11 is 0. The van der Waals surface area contributed by atoms with Gasteiger partial charge in [-0.05, 0) is 55.0 Å². The maximum atomic E-state index is 12.1. The summed E-state index contributed by atoms with van der Waals surface area (Å²) in [5.41, 5.74) is 4.00. The van der Waals surface area contributed by atoms with Crippen molar-refractivity contribution in [2.75, 3.05) is 13.7 Å². The molecule has 0 unspecified atom stereocenters. The molecule has 0 heterocycles. The molecule has 126 valence electrons. The van der Waals surface area contributed by atoms with Crippen LogP contribution < -0.4 is 14.8 Å². The van der Waals surface area contributed by atoms with Crippen LogP contribution in [0, 0.1) is 0 Å². The fourth-order valence-electron chi connectivity index (χ4n) is 3.07. The third-order valence-electron chi connectivity index (χ3n) is 4.41. The largest absolute Gasteiger partial charge is 0.497 e. The Morgan fingerprint density at radius 1 is 1.12 bits per heavy atom. The molecule has 1 N–H and O–H groups in total. The van der Waals surface area contributed by atoms with Crippen LogP contribution in [0.25, 0.3) is 0 Å². The van der Waals surface area contributed by atoms with Gasteiger partial charge in [0.15, 0.2) is 6.61 Å². The van der Waals surface area contributed by atoms with E-state index in [2.05, 4.69) is 23.5 Å². The zero-order valence-electron chi connectivity index (χ0n) is 14.2. The molecule has 0 saturated carbocycles. The van der Waals surface area contributed by atoms with Crippen LogP contribution in [0.2, 0.25) is 0 Å². The Labute approximate surface area is 142 Å². The summed E-state index contributed by atoms with van der Waals surface area (Å²) in [4.78, 5) is 12.1. The maximum absolute atomic E-state index is 12.1. The van der Waals surface area contributed by atoms with Crippen LogP contribution >= 0.6 is 0 Å². The molecule has 4 heteroatoms. The minimum Gasteiger partial charge on any atom is -0.497 e. The first-order valence-electron chi connectivity index (χ1n) is 8.33. The normalized spacial score (nSPS) is 13.9. The molecule has 1 atom stereocenters. The van der Waals surface area contributed by atoms with Crippen LogP contribution in [0.3, 0.4) is 0 Å². The van der Waals surface area contributed by atoms with Gasteiger partial charge in [0.25, 0.3) is 5.91 Å². The van der Waals surface area contributed by atoms with Gasteiger partial charge < -0.3 is 14.8 Å². The predicted molar refractivity (Wildman–Crippen MR) is 93.5 cm³/mol. The van der Waals surface area contributed by atoms with Gasteiger partial charge in [0, 0.05) is 6.07 Å². The Balaban J connectivity index is 1.54. The van der Waals surface area contributed by atoms with Gasteiger partial charge in [-0.3, -0.25) is 4.79 Å². The molecule has 4 nitrogen and oxygen atoms in total. The van der Waals surface area contributed by atoms with Crippen molar-refractivity contribution in [3.8, 4) is 11.5 Å². The first-order valence-corrected chi connectivity index (χ1v) is 8.33. The van der Waals surface area contributed by atoms with E-state index in [1.54, 1.807) is 19.2 Å². The monoisotopic (exact) mass is 325 g/mol. The molecule has 0 spiro atoms. The molecule has 0 saturated heterocycles. The SMILES string of the molecule is COc1cccc(OCC(=O)N[C@H](C)c2ccc3c(c2)CCC3)c1. The molecule has 3 rings (SSSR count). The molecular formula is C20H23NO3. The molecule has 0 fully saturated rings. The predicted octanol–water partition coefficient (Wildman–Crippen LogP) is 3.44. The summed E-state index contributed by atoms with van der Waals surface area (Å²) in [5.74, 6) is 1.19. The van der Waals surface area contributed by atoms with E-state index in [1.165, 1.54) is 24.0 Å². The van der Waals surface area contributed by atoms with Crippen molar-refractivity contribution in [3.05, 3.63) is 59.2 Å². The molecule has 1 amide bonds. The molecule has 0 aliphatic heterocycles. The van der Waals surface area contributed by atoms with Gasteiger partial charge in [-0.1, -0.05) is 24.3 Å². The Bertz CT molecular complexity index is 727. The maximum Gasteiger partial charge on any atom is 0.258 e. The first-order chi connectivity index (χ1) is 11.7. The lowest BCUT2D eigenvalue weighted by molar-refractivity contribution is -0.123. The van der Waals surface area contributed by atoms with Gasteiger partial charge >= 0.3 is 0 Å². The number of rotatable bonds is 6. The summed E-state index contributed by atoms with van der Waals surface area (Å²) in [5, 5.41) is 2.99. The van der Waals surface area contributed by atoms with Crippen LogP contribution in [0.4, 0.5) is 0 Å². The zero-order valence-corrected chi connectivity index (χ0v) is 14.2. The second kappa shape index (κ2) is 7.39. The van der Waals surface area contributed by atoms with Crippen molar-refractivity contribution in [1.82, 2.24) is 5.32 Å². The zero-order chi connectivity index (χ0) is 16.9. The standard InChI is InChI=1S/C20H23NO3/c1-14(16-10-9-15-5-3-6-17(15)11-16)21-20(22)13-24-19-8-4-7-18(12-19)23-2/h4,7-12,14H,3,5-6,13H2,1-2H3,(H,21,22)/t14-/m1/s1. The lowest BCUT2D eigenvalue weighted by Crippen LogP contribution is -2.31. The number of hydrogen-bond donors (Lipinski definition) is 1. The Morgan fingerprint density at radius 3 is 2.75 bits per heavy atom. The number of aryl methyl sites for hydroxylation is 2. The molecule has 0 aromatic heterocycles. The third-order valence-corrected chi connectivity index (χ3v) is 4.41. The van der Waals surface area contributed by atoms with E-state index in [-0.39, 0.29) is 18.6 Å². The highest BCUT2D eigenvalue weighted by molar-refractivity contribution is 5.78. The Hall–Kier alpha value is -2.49. The Kier molecular flexibility index (Phi) is 5.04. The number of carbonyl (C=O) groups is 1. The van der Waals surface area contributed by atoms with E-state index in [1.807, 2.05) is 19.1 Å². The number of amides is 1. The highest BCUT2D eigenvalue weighted by atomic mass is 16.5. The first kappa shape index (κ1) is 16.4. The number of methoxy groups -OCH3 is 1. The average Bonchev–Trinajstić information content (AvgIpc) is 3.07. The molecule has 1 aliphatic rings. The molecule has 1 aliphatic carbocycles.